The van der Waals surface area contributed by atoms with Crippen LogP contribution in [0.15, 0.2) is 54.6 Å². The Kier molecular flexibility index (Phi) is 5.75. The minimum atomic E-state index is -0.445. The molecule has 0 saturated heterocycles. The maximum atomic E-state index is 13.3. The molecule has 6 rings (SSSR count). The summed E-state index contributed by atoms with van der Waals surface area (Å²) >= 11 is 0. The van der Waals surface area contributed by atoms with Gasteiger partial charge in [0.15, 0.2) is 11.5 Å². The lowest BCUT2D eigenvalue weighted by atomic mass is 9.69. The highest BCUT2D eigenvalue weighted by molar-refractivity contribution is 5.93. The Balaban J connectivity index is 1.41. The molecule has 3 aromatic rings. The van der Waals surface area contributed by atoms with Gasteiger partial charge in [-0.25, -0.2) is 4.79 Å². The second-order valence-electron chi connectivity index (χ2n) is 9.86. The van der Waals surface area contributed by atoms with Crippen molar-refractivity contribution >= 4 is 22.6 Å². The van der Waals surface area contributed by atoms with Crippen molar-refractivity contribution in [2.45, 2.75) is 25.8 Å². The topological polar surface area (TPSA) is 62.2 Å². The van der Waals surface area contributed by atoms with E-state index in [-0.39, 0.29) is 18.1 Å². The van der Waals surface area contributed by atoms with Crippen LogP contribution in [0.2, 0.25) is 0 Å². The second kappa shape index (κ2) is 8.99. The monoisotopic (exact) mass is 500 g/mol. The molecular weight excluding hydrogens is 468 g/mol. The van der Waals surface area contributed by atoms with Gasteiger partial charge >= 0.3 is 5.97 Å². The fourth-order valence-corrected chi connectivity index (χ4v) is 6.48. The van der Waals surface area contributed by atoms with E-state index in [1.807, 2.05) is 0 Å². The maximum Gasteiger partial charge on any atom is 0.338 e. The number of aromatic nitrogens is 1. The van der Waals surface area contributed by atoms with Crippen LogP contribution in [0.5, 0.6) is 17.2 Å². The molecule has 3 aliphatic heterocycles. The molecule has 0 saturated carbocycles. The molecule has 1 unspecified atom stereocenters. The predicted molar refractivity (Wildman–Crippen MR) is 142 cm³/mol. The third-order valence-corrected chi connectivity index (χ3v) is 8.16. The molecule has 3 aliphatic rings. The Hall–Kier alpha value is -3.71. The molecular formula is C30H32N2O5. The summed E-state index contributed by atoms with van der Waals surface area (Å²) in [5.41, 5.74) is 5.14. The molecule has 0 radical (unpaired) electrons. The van der Waals surface area contributed by atoms with Crippen molar-refractivity contribution in [1.29, 1.82) is 0 Å². The standard InChI is InChI=1S/C30H32N2O5/c1-5-30-12-8-13-31-14-11-22-21-9-6-7-10-23(21)32(26(22)28(30)31)20(17-30)18-37-29(33)19-15-24(34-2)27(36-4)25(16-19)35-3/h6-10,12,15-17,28H,5,11,13-14,18H2,1-4H3/t28?,30-/m0/s1. The molecule has 0 spiro atoms. The van der Waals surface area contributed by atoms with Crippen LogP contribution in [0, 0.1) is 5.41 Å². The highest BCUT2D eigenvalue weighted by Crippen LogP contribution is 2.55. The lowest BCUT2D eigenvalue weighted by Gasteiger charge is -2.51. The molecule has 0 bridgehead atoms. The summed E-state index contributed by atoms with van der Waals surface area (Å²) in [7, 11) is 4.59. The summed E-state index contributed by atoms with van der Waals surface area (Å²) < 4.78 is 24.5. The highest BCUT2D eigenvalue weighted by Gasteiger charge is 2.48. The van der Waals surface area contributed by atoms with E-state index in [0.717, 1.165) is 31.6 Å². The largest absolute Gasteiger partial charge is 0.493 e. The minimum absolute atomic E-state index is 0.133. The van der Waals surface area contributed by atoms with Crippen LogP contribution in [0.25, 0.3) is 16.6 Å². The third kappa shape index (κ3) is 3.48. The number of methoxy groups -OCH3 is 3. The SMILES string of the molecule is CC[C@]12C=CCN3CCc4c(n(c5ccccc45)C(COC(=O)c4cc(OC)c(OC)c(OC)c4)=C1)C32. The third-order valence-electron chi connectivity index (χ3n) is 8.16. The number of fused-ring (bicyclic) bond motifs is 3. The van der Waals surface area contributed by atoms with Crippen LogP contribution in [-0.4, -0.2) is 56.5 Å². The fourth-order valence-electron chi connectivity index (χ4n) is 6.48. The summed E-state index contributed by atoms with van der Waals surface area (Å²) in [6, 6.07) is 12.1. The number of nitrogens with zero attached hydrogens (tertiary/aromatic N) is 2. The van der Waals surface area contributed by atoms with Gasteiger partial charge in [-0.2, -0.15) is 0 Å². The average molecular weight is 501 g/mol. The zero-order valence-electron chi connectivity index (χ0n) is 21.7. The molecule has 2 atom stereocenters. The normalized spacial score (nSPS) is 21.8. The number of hydrogen-bond donors (Lipinski definition) is 0. The fraction of sp³-hybridized carbons (Fsp3) is 0.367. The zero-order chi connectivity index (χ0) is 25.7. The number of esters is 1. The Morgan fingerprint density at radius 1 is 1.08 bits per heavy atom. The summed E-state index contributed by atoms with van der Waals surface area (Å²) in [5, 5.41) is 1.29. The number of benzene rings is 2. The Bertz CT molecular complexity index is 1430. The summed E-state index contributed by atoms with van der Waals surface area (Å²) in [6.07, 6.45) is 8.98. The zero-order valence-corrected chi connectivity index (χ0v) is 21.7. The molecule has 2 aromatic carbocycles. The second-order valence-corrected chi connectivity index (χ2v) is 9.86. The van der Waals surface area contributed by atoms with E-state index in [1.54, 1.807) is 12.1 Å². The Morgan fingerprint density at radius 2 is 1.84 bits per heavy atom. The van der Waals surface area contributed by atoms with Gasteiger partial charge in [0.2, 0.25) is 5.75 Å². The number of hydrogen-bond acceptors (Lipinski definition) is 6. The van der Waals surface area contributed by atoms with Gasteiger partial charge in [0.25, 0.3) is 0 Å². The number of para-hydroxylation sites is 1. The lowest BCUT2D eigenvalue weighted by molar-refractivity contribution is 0.0544. The van der Waals surface area contributed by atoms with Gasteiger partial charge in [0.1, 0.15) is 6.61 Å². The summed E-state index contributed by atoms with van der Waals surface area (Å²) in [6.45, 7) is 4.42. The summed E-state index contributed by atoms with van der Waals surface area (Å²) in [5.74, 6) is 0.818. The predicted octanol–water partition coefficient (Wildman–Crippen LogP) is 5.24. The first-order valence-corrected chi connectivity index (χ1v) is 12.8. The first kappa shape index (κ1) is 23.7. The van der Waals surface area contributed by atoms with Crippen molar-refractivity contribution in [1.82, 2.24) is 9.47 Å². The maximum absolute atomic E-state index is 13.3. The van der Waals surface area contributed by atoms with Gasteiger partial charge in [-0.05, 0) is 42.7 Å². The molecule has 37 heavy (non-hydrogen) atoms. The summed E-state index contributed by atoms with van der Waals surface area (Å²) in [4.78, 5) is 15.9. The van der Waals surface area contributed by atoms with Crippen molar-refractivity contribution in [2.24, 2.45) is 5.41 Å². The van der Waals surface area contributed by atoms with Crippen LogP contribution < -0.4 is 14.2 Å². The van der Waals surface area contributed by atoms with Gasteiger partial charge in [0.05, 0.1) is 44.1 Å². The first-order chi connectivity index (χ1) is 18.0. The van der Waals surface area contributed by atoms with Gasteiger partial charge in [-0.15, -0.1) is 0 Å². The number of rotatable bonds is 7. The Morgan fingerprint density at radius 3 is 2.54 bits per heavy atom. The molecule has 0 N–H and O–H groups in total. The van der Waals surface area contributed by atoms with Crippen LogP contribution in [0.1, 0.15) is 41.0 Å². The van der Waals surface area contributed by atoms with E-state index in [2.05, 4.69) is 58.9 Å². The molecule has 0 fully saturated rings. The molecule has 0 aliphatic carbocycles. The van der Waals surface area contributed by atoms with Crippen LogP contribution >= 0.6 is 0 Å². The molecule has 7 nitrogen and oxygen atoms in total. The van der Waals surface area contributed by atoms with E-state index in [9.17, 15) is 4.79 Å². The van der Waals surface area contributed by atoms with E-state index < -0.39 is 5.97 Å². The van der Waals surface area contributed by atoms with E-state index >= 15 is 0 Å². The minimum Gasteiger partial charge on any atom is -0.493 e. The van der Waals surface area contributed by atoms with Gasteiger partial charge < -0.3 is 23.5 Å². The average Bonchev–Trinajstić information content (AvgIpc) is 3.29. The molecule has 0 amide bonds. The molecule has 192 valence electrons. The number of ether oxygens (including phenoxy) is 4. The van der Waals surface area contributed by atoms with Crippen molar-refractivity contribution in [3.05, 3.63) is 71.4 Å². The van der Waals surface area contributed by atoms with E-state index in [0.29, 0.717) is 22.8 Å². The van der Waals surface area contributed by atoms with Crippen molar-refractivity contribution in [3.63, 3.8) is 0 Å². The molecule has 4 heterocycles. The lowest BCUT2D eigenvalue weighted by Crippen LogP contribution is -2.48. The van der Waals surface area contributed by atoms with E-state index in [1.165, 1.54) is 43.5 Å². The van der Waals surface area contributed by atoms with Crippen LogP contribution in [0.4, 0.5) is 0 Å². The first-order valence-electron chi connectivity index (χ1n) is 12.8. The van der Waals surface area contributed by atoms with Crippen LogP contribution in [0.3, 0.4) is 0 Å². The van der Waals surface area contributed by atoms with E-state index in [4.69, 9.17) is 18.9 Å². The van der Waals surface area contributed by atoms with Crippen molar-refractivity contribution in [3.8, 4) is 17.2 Å². The van der Waals surface area contributed by atoms with Gasteiger partial charge in [0, 0.05) is 29.6 Å². The quantitative estimate of drug-likeness (QED) is 0.327. The van der Waals surface area contributed by atoms with Gasteiger partial charge in [-0.1, -0.05) is 37.3 Å². The highest BCUT2D eigenvalue weighted by atomic mass is 16.5. The Labute approximate surface area is 216 Å². The van der Waals surface area contributed by atoms with Crippen molar-refractivity contribution in [2.75, 3.05) is 41.0 Å². The number of carbonyl (C=O) groups excluding carboxylic acids is 1. The molecule has 7 heteroatoms. The van der Waals surface area contributed by atoms with Gasteiger partial charge in [-0.3, -0.25) is 4.90 Å². The van der Waals surface area contributed by atoms with Crippen molar-refractivity contribution < 1.29 is 23.7 Å². The smallest absolute Gasteiger partial charge is 0.338 e. The molecule has 1 aromatic heterocycles. The number of carbonyl (C=O) groups is 1. The van der Waals surface area contributed by atoms with Crippen LogP contribution in [-0.2, 0) is 11.2 Å².